The van der Waals surface area contributed by atoms with E-state index in [1.807, 2.05) is 30.3 Å². The van der Waals surface area contributed by atoms with Crippen LogP contribution >= 0.6 is 0 Å². The van der Waals surface area contributed by atoms with Gasteiger partial charge in [-0.15, -0.1) is 0 Å². The van der Waals surface area contributed by atoms with Gasteiger partial charge in [0.15, 0.2) is 0 Å². The number of likely N-dealkylation sites (tertiary alicyclic amines) is 2. The standard InChI is InChI=1S/C23H35N5O2/c1-26-13-10-18(11-14-26)28-15-12-20-22(28)23(30)24-16-19(27(20)2)8-9-21(29)25-17-6-4-3-5-7-17/h3-7,18-20,22H,8-16H2,1-2H3,(H,24,30)(H,25,29)/t19-,20+,22-/m0/s1. The number of anilines is 1. The number of para-hydroxylation sites is 1. The second-order valence-electron chi connectivity index (χ2n) is 9.09. The monoisotopic (exact) mass is 413 g/mol. The average Bonchev–Trinajstić information content (AvgIpc) is 3.15. The van der Waals surface area contributed by atoms with E-state index in [1.54, 1.807) is 0 Å². The molecule has 0 aromatic heterocycles. The number of nitrogens with zero attached hydrogens (tertiary/aromatic N) is 3. The van der Waals surface area contributed by atoms with Crippen LogP contribution in [0.15, 0.2) is 30.3 Å². The van der Waals surface area contributed by atoms with Crippen LogP contribution in [0.3, 0.4) is 0 Å². The van der Waals surface area contributed by atoms with Gasteiger partial charge in [-0.05, 0) is 65.0 Å². The molecule has 2 N–H and O–H groups in total. The minimum atomic E-state index is -0.0634. The third-order valence-corrected chi connectivity index (χ3v) is 7.20. The van der Waals surface area contributed by atoms with Crippen LogP contribution in [0.2, 0.25) is 0 Å². The molecule has 0 bridgehead atoms. The van der Waals surface area contributed by atoms with Crippen molar-refractivity contribution in [3.05, 3.63) is 30.3 Å². The normalized spacial score (nSPS) is 29.3. The zero-order chi connectivity index (χ0) is 21.1. The molecule has 0 radical (unpaired) electrons. The van der Waals surface area contributed by atoms with E-state index in [-0.39, 0.29) is 29.9 Å². The van der Waals surface area contributed by atoms with E-state index >= 15 is 0 Å². The van der Waals surface area contributed by atoms with Crippen molar-refractivity contribution in [3.63, 3.8) is 0 Å². The topological polar surface area (TPSA) is 67.9 Å². The maximum atomic E-state index is 13.0. The summed E-state index contributed by atoms with van der Waals surface area (Å²) in [7, 11) is 4.31. The number of nitrogens with one attached hydrogen (secondary N) is 2. The predicted octanol–water partition coefficient (Wildman–Crippen LogP) is 1.37. The molecule has 164 valence electrons. The smallest absolute Gasteiger partial charge is 0.239 e. The summed E-state index contributed by atoms with van der Waals surface area (Å²) < 4.78 is 0. The zero-order valence-electron chi connectivity index (χ0n) is 18.2. The molecule has 3 aliphatic rings. The first-order valence-corrected chi connectivity index (χ1v) is 11.3. The molecule has 7 heteroatoms. The fourth-order valence-electron chi connectivity index (χ4n) is 5.37. The van der Waals surface area contributed by atoms with Crippen molar-refractivity contribution in [2.75, 3.05) is 45.6 Å². The van der Waals surface area contributed by atoms with Gasteiger partial charge in [-0.25, -0.2) is 0 Å². The number of amides is 2. The number of piperidine rings is 1. The van der Waals surface area contributed by atoms with E-state index < -0.39 is 0 Å². The van der Waals surface area contributed by atoms with Crippen LogP contribution in [0.5, 0.6) is 0 Å². The summed E-state index contributed by atoms with van der Waals surface area (Å²) in [6, 6.07) is 10.4. The number of hydrogen-bond donors (Lipinski definition) is 2. The summed E-state index contributed by atoms with van der Waals surface area (Å²) >= 11 is 0. The van der Waals surface area contributed by atoms with Gasteiger partial charge >= 0.3 is 0 Å². The Bertz CT molecular complexity index is 734. The zero-order valence-corrected chi connectivity index (χ0v) is 18.2. The van der Waals surface area contributed by atoms with Crippen molar-refractivity contribution in [1.82, 2.24) is 20.0 Å². The highest BCUT2D eigenvalue weighted by Gasteiger charge is 2.47. The summed E-state index contributed by atoms with van der Waals surface area (Å²) in [5.74, 6) is 0.195. The van der Waals surface area contributed by atoms with Gasteiger partial charge < -0.3 is 15.5 Å². The Morgan fingerprint density at radius 2 is 1.83 bits per heavy atom. The first kappa shape index (κ1) is 21.3. The largest absolute Gasteiger partial charge is 0.353 e. The van der Waals surface area contributed by atoms with Crippen LogP contribution < -0.4 is 10.6 Å². The second-order valence-corrected chi connectivity index (χ2v) is 9.09. The number of hydrogen-bond acceptors (Lipinski definition) is 5. The average molecular weight is 414 g/mol. The van der Waals surface area contributed by atoms with Gasteiger partial charge in [0.25, 0.3) is 0 Å². The molecule has 3 saturated heterocycles. The van der Waals surface area contributed by atoms with E-state index in [0.29, 0.717) is 19.0 Å². The van der Waals surface area contributed by atoms with Crippen molar-refractivity contribution >= 4 is 17.5 Å². The Morgan fingerprint density at radius 3 is 2.57 bits per heavy atom. The Labute approximate surface area is 179 Å². The molecular weight excluding hydrogens is 378 g/mol. The molecule has 1 aromatic carbocycles. The number of carbonyl (C=O) groups excluding carboxylic acids is 2. The lowest BCUT2D eigenvalue weighted by Gasteiger charge is -2.39. The van der Waals surface area contributed by atoms with Crippen LogP contribution in [0, 0.1) is 0 Å². The molecule has 3 aliphatic heterocycles. The Morgan fingerprint density at radius 1 is 1.10 bits per heavy atom. The second kappa shape index (κ2) is 9.45. The maximum Gasteiger partial charge on any atom is 0.239 e. The molecular formula is C23H35N5O2. The Hall–Kier alpha value is -1.96. The van der Waals surface area contributed by atoms with Gasteiger partial charge in [0.1, 0.15) is 6.04 Å². The molecule has 3 fully saturated rings. The molecule has 3 atom stereocenters. The van der Waals surface area contributed by atoms with Crippen LogP contribution in [0.4, 0.5) is 5.69 Å². The van der Waals surface area contributed by atoms with Crippen LogP contribution in [-0.4, -0.2) is 91.0 Å². The van der Waals surface area contributed by atoms with Gasteiger partial charge in [0.2, 0.25) is 11.8 Å². The number of benzene rings is 1. The highest BCUT2D eigenvalue weighted by Crippen LogP contribution is 2.31. The number of fused-ring (bicyclic) bond motifs is 1. The summed E-state index contributed by atoms with van der Waals surface area (Å²) in [6.07, 6.45) is 4.50. The molecule has 7 nitrogen and oxygen atoms in total. The van der Waals surface area contributed by atoms with Crippen LogP contribution in [-0.2, 0) is 9.59 Å². The fourth-order valence-corrected chi connectivity index (χ4v) is 5.37. The first-order chi connectivity index (χ1) is 14.5. The summed E-state index contributed by atoms with van der Waals surface area (Å²) in [5, 5.41) is 6.15. The molecule has 3 heterocycles. The molecule has 30 heavy (non-hydrogen) atoms. The fraction of sp³-hybridized carbons (Fsp3) is 0.652. The molecule has 4 rings (SSSR count). The predicted molar refractivity (Wildman–Crippen MR) is 118 cm³/mol. The summed E-state index contributed by atoms with van der Waals surface area (Å²) in [6.45, 7) is 3.81. The highest BCUT2D eigenvalue weighted by atomic mass is 16.2. The van der Waals surface area contributed by atoms with Gasteiger partial charge in [0, 0.05) is 43.3 Å². The number of likely N-dealkylation sites (N-methyl/N-ethyl adjacent to an activating group) is 1. The van der Waals surface area contributed by atoms with Crippen LogP contribution in [0.1, 0.15) is 32.1 Å². The van der Waals surface area contributed by atoms with Crippen LogP contribution in [0.25, 0.3) is 0 Å². The first-order valence-electron chi connectivity index (χ1n) is 11.3. The lowest BCUT2D eigenvalue weighted by molar-refractivity contribution is -0.127. The van der Waals surface area contributed by atoms with Gasteiger partial charge in [0.05, 0.1) is 0 Å². The van der Waals surface area contributed by atoms with E-state index in [0.717, 1.165) is 51.0 Å². The summed E-state index contributed by atoms with van der Waals surface area (Å²) in [5.41, 5.74) is 0.828. The molecule has 0 aliphatic carbocycles. The lowest BCUT2D eigenvalue weighted by atomic mass is 10.0. The molecule has 0 unspecified atom stereocenters. The van der Waals surface area contributed by atoms with E-state index in [9.17, 15) is 9.59 Å². The highest BCUT2D eigenvalue weighted by molar-refractivity contribution is 5.90. The minimum absolute atomic E-state index is 0.0288. The van der Waals surface area contributed by atoms with E-state index in [1.165, 1.54) is 0 Å². The quantitative estimate of drug-likeness (QED) is 0.763. The Balaban J connectivity index is 1.35. The third-order valence-electron chi connectivity index (χ3n) is 7.20. The number of carbonyl (C=O) groups is 2. The SMILES string of the molecule is CN1CCC(N2CC[C@@H]3[C@H]2C(=O)NC[C@H](CCC(=O)Nc2ccccc2)N3C)CC1. The van der Waals surface area contributed by atoms with Crippen molar-refractivity contribution in [1.29, 1.82) is 0 Å². The van der Waals surface area contributed by atoms with Crippen molar-refractivity contribution < 1.29 is 9.59 Å². The van der Waals surface area contributed by atoms with Gasteiger partial charge in [-0.3, -0.25) is 19.4 Å². The molecule has 2 amide bonds. The molecule has 0 spiro atoms. The van der Waals surface area contributed by atoms with E-state index in [2.05, 4.69) is 39.4 Å². The molecule has 0 saturated carbocycles. The Kier molecular flexibility index (Phi) is 6.71. The number of rotatable bonds is 5. The van der Waals surface area contributed by atoms with Gasteiger partial charge in [-0.1, -0.05) is 18.2 Å². The van der Waals surface area contributed by atoms with E-state index in [4.69, 9.17) is 0 Å². The van der Waals surface area contributed by atoms with Gasteiger partial charge in [-0.2, -0.15) is 0 Å². The third kappa shape index (κ3) is 4.68. The maximum absolute atomic E-state index is 13.0. The lowest BCUT2D eigenvalue weighted by Crippen LogP contribution is -2.54. The summed E-state index contributed by atoms with van der Waals surface area (Å²) in [4.78, 5) is 32.6. The van der Waals surface area contributed by atoms with Crippen molar-refractivity contribution in [2.24, 2.45) is 0 Å². The molecule has 1 aromatic rings. The minimum Gasteiger partial charge on any atom is -0.353 e. The van der Waals surface area contributed by atoms with Crippen molar-refractivity contribution in [2.45, 2.75) is 56.3 Å². The van der Waals surface area contributed by atoms with Crippen molar-refractivity contribution in [3.8, 4) is 0 Å².